The van der Waals surface area contributed by atoms with Crippen molar-refractivity contribution in [2.45, 2.75) is 32.1 Å². The van der Waals surface area contributed by atoms with Gasteiger partial charge < -0.3 is 14.3 Å². The van der Waals surface area contributed by atoms with Gasteiger partial charge in [-0.3, -0.25) is 4.79 Å². The Morgan fingerprint density at radius 3 is 2.45 bits per heavy atom. The van der Waals surface area contributed by atoms with Crippen LogP contribution in [0, 0.1) is 0 Å². The lowest BCUT2D eigenvalue weighted by Gasteiger charge is -2.19. The number of esters is 1. The van der Waals surface area contributed by atoms with E-state index >= 15 is 0 Å². The van der Waals surface area contributed by atoms with Crippen LogP contribution in [0.3, 0.4) is 0 Å². The Morgan fingerprint density at radius 2 is 1.95 bits per heavy atom. The molecule has 0 unspecified atom stereocenters. The van der Waals surface area contributed by atoms with E-state index in [0.717, 1.165) is 12.3 Å². The molecule has 0 bridgehead atoms. The van der Waals surface area contributed by atoms with Gasteiger partial charge in [0.1, 0.15) is 28.4 Å². The molecule has 0 radical (unpaired) electrons. The number of ether oxygens (including phenoxy) is 1. The molecule has 0 spiro atoms. The molecule has 0 saturated carbocycles. The van der Waals surface area contributed by atoms with Crippen molar-refractivity contribution in [3.05, 3.63) is 23.7 Å². The van der Waals surface area contributed by atoms with Gasteiger partial charge in [0.25, 0.3) is 0 Å². The Bertz CT molecular complexity index is 604. The number of carboxylic acid groups (broad SMARTS) is 1. The van der Waals surface area contributed by atoms with Crippen LogP contribution in [0.2, 0.25) is 0 Å². The SMILES string of the molecule is CC(C)(C)OC(=O)CS(=O)(=O)Cc1occc1C(=O)O. The second-order valence-corrected chi connectivity index (χ2v) is 7.25. The Morgan fingerprint density at radius 1 is 1.35 bits per heavy atom. The maximum absolute atomic E-state index is 11.8. The molecular formula is C12H16O7S. The number of carboxylic acids is 1. The summed E-state index contributed by atoms with van der Waals surface area (Å²) in [5.74, 6) is -3.88. The number of hydrogen-bond donors (Lipinski definition) is 1. The summed E-state index contributed by atoms with van der Waals surface area (Å²) in [5.41, 5.74) is -1.03. The first-order valence-corrected chi connectivity index (χ1v) is 7.54. The van der Waals surface area contributed by atoms with Gasteiger partial charge in [0, 0.05) is 0 Å². The number of aromatic carboxylic acids is 1. The Kier molecular flexibility index (Phi) is 4.59. The third kappa shape index (κ3) is 5.04. The fourth-order valence-electron chi connectivity index (χ4n) is 1.44. The van der Waals surface area contributed by atoms with E-state index in [0.29, 0.717) is 0 Å². The standard InChI is InChI=1S/C12H16O7S/c1-12(2,3)19-10(13)7-20(16,17)6-9-8(11(14)15)4-5-18-9/h4-5H,6-7H2,1-3H3,(H,14,15). The van der Waals surface area contributed by atoms with Crippen LogP contribution in [0.25, 0.3) is 0 Å². The van der Waals surface area contributed by atoms with Gasteiger partial charge in [0.15, 0.2) is 9.84 Å². The molecule has 1 aromatic heterocycles. The summed E-state index contributed by atoms with van der Waals surface area (Å²) in [6, 6.07) is 1.15. The van der Waals surface area contributed by atoms with Gasteiger partial charge in [-0.2, -0.15) is 0 Å². The van der Waals surface area contributed by atoms with Crippen molar-refractivity contribution >= 4 is 21.8 Å². The summed E-state index contributed by atoms with van der Waals surface area (Å²) in [7, 11) is -3.86. The smallest absolute Gasteiger partial charge is 0.339 e. The van der Waals surface area contributed by atoms with E-state index in [4.69, 9.17) is 14.3 Å². The molecule has 1 rings (SSSR count). The molecule has 8 heteroatoms. The predicted molar refractivity (Wildman–Crippen MR) is 69.0 cm³/mol. The highest BCUT2D eigenvalue weighted by Gasteiger charge is 2.26. The molecule has 0 atom stereocenters. The second-order valence-electron chi connectivity index (χ2n) is 5.18. The molecule has 1 heterocycles. The van der Waals surface area contributed by atoms with Crippen molar-refractivity contribution in [2.24, 2.45) is 0 Å². The molecule has 0 fully saturated rings. The topological polar surface area (TPSA) is 111 Å². The Balaban J connectivity index is 2.78. The first kappa shape index (κ1) is 16.2. The minimum Gasteiger partial charge on any atom is -0.478 e. The van der Waals surface area contributed by atoms with E-state index in [1.54, 1.807) is 20.8 Å². The quantitative estimate of drug-likeness (QED) is 0.814. The summed E-state index contributed by atoms with van der Waals surface area (Å²) in [6.07, 6.45) is 1.09. The van der Waals surface area contributed by atoms with Gasteiger partial charge in [-0.05, 0) is 26.8 Å². The maximum atomic E-state index is 11.8. The summed E-state index contributed by atoms with van der Waals surface area (Å²) >= 11 is 0. The molecule has 0 aliphatic rings. The van der Waals surface area contributed by atoms with Gasteiger partial charge in [0.05, 0.1) is 6.26 Å². The zero-order chi connectivity index (χ0) is 15.6. The first-order chi connectivity index (χ1) is 9.00. The molecule has 20 heavy (non-hydrogen) atoms. The number of sulfone groups is 1. The van der Waals surface area contributed by atoms with Crippen LogP contribution in [-0.2, 0) is 25.1 Å². The highest BCUT2D eigenvalue weighted by Crippen LogP contribution is 2.15. The molecule has 112 valence electrons. The Hall–Kier alpha value is -1.83. The van der Waals surface area contributed by atoms with Crippen LogP contribution in [0.4, 0.5) is 0 Å². The summed E-state index contributed by atoms with van der Waals surface area (Å²) in [4.78, 5) is 22.3. The van der Waals surface area contributed by atoms with Crippen LogP contribution in [0.1, 0.15) is 36.9 Å². The fourth-order valence-corrected chi connectivity index (χ4v) is 2.59. The van der Waals surface area contributed by atoms with E-state index in [2.05, 4.69) is 0 Å². The molecule has 1 aromatic rings. The average Bonchev–Trinajstić information content (AvgIpc) is 2.59. The monoisotopic (exact) mass is 304 g/mol. The van der Waals surface area contributed by atoms with Gasteiger partial charge >= 0.3 is 11.9 Å². The van der Waals surface area contributed by atoms with E-state index in [1.165, 1.54) is 0 Å². The molecule has 0 saturated heterocycles. The first-order valence-electron chi connectivity index (χ1n) is 5.72. The lowest BCUT2D eigenvalue weighted by molar-refractivity contribution is -0.151. The number of carbonyl (C=O) groups is 2. The number of rotatable bonds is 5. The highest BCUT2D eigenvalue weighted by molar-refractivity contribution is 7.91. The molecule has 0 aliphatic heterocycles. The van der Waals surface area contributed by atoms with Crippen molar-refractivity contribution in [3.63, 3.8) is 0 Å². The van der Waals surface area contributed by atoms with Crippen molar-refractivity contribution in [1.29, 1.82) is 0 Å². The summed E-state index contributed by atoms with van der Waals surface area (Å²) in [6.45, 7) is 4.85. The molecule has 0 aliphatic carbocycles. The fraction of sp³-hybridized carbons (Fsp3) is 0.500. The lowest BCUT2D eigenvalue weighted by atomic mass is 10.2. The third-order valence-corrected chi connectivity index (χ3v) is 3.46. The van der Waals surface area contributed by atoms with Crippen LogP contribution in [0.5, 0.6) is 0 Å². The van der Waals surface area contributed by atoms with E-state index in [1.807, 2.05) is 0 Å². The van der Waals surface area contributed by atoms with Crippen molar-refractivity contribution in [2.75, 3.05) is 5.75 Å². The Labute approximate surface area is 116 Å². The second kappa shape index (κ2) is 5.66. The molecular weight excluding hydrogens is 288 g/mol. The van der Waals surface area contributed by atoms with Crippen molar-refractivity contribution in [3.8, 4) is 0 Å². The average molecular weight is 304 g/mol. The van der Waals surface area contributed by atoms with Crippen LogP contribution < -0.4 is 0 Å². The van der Waals surface area contributed by atoms with Gasteiger partial charge in [0.2, 0.25) is 0 Å². The van der Waals surface area contributed by atoms with Gasteiger partial charge in [-0.25, -0.2) is 13.2 Å². The number of furan rings is 1. The summed E-state index contributed by atoms with van der Waals surface area (Å²) in [5, 5.41) is 8.84. The molecule has 0 amide bonds. The van der Waals surface area contributed by atoms with Crippen molar-refractivity contribution in [1.82, 2.24) is 0 Å². The van der Waals surface area contributed by atoms with Gasteiger partial charge in [-0.15, -0.1) is 0 Å². The minimum absolute atomic E-state index is 0.207. The molecule has 0 aromatic carbocycles. The van der Waals surface area contributed by atoms with Crippen LogP contribution in [-0.4, -0.2) is 36.8 Å². The third-order valence-electron chi connectivity index (χ3n) is 2.08. The zero-order valence-electron chi connectivity index (χ0n) is 11.4. The minimum atomic E-state index is -3.86. The summed E-state index contributed by atoms with van der Waals surface area (Å²) < 4.78 is 33.4. The zero-order valence-corrected chi connectivity index (χ0v) is 12.2. The maximum Gasteiger partial charge on any atom is 0.339 e. The van der Waals surface area contributed by atoms with E-state index < -0.39 is 38.9 Å². The normalized spacial score (nSPS) is 12.2. The van der Waals surface area contributed by atoms with Crippen LogP contribution in [0.15, 0.2) is 16.7 Å². The van der Waals surface area contributed by atoms with Crippen LogP contribution >= 0.6 is 0 Å². The predicted octanol–water partition coefficient (Wildman–Crippen LogP) is 1.23. The van der Waals surface area contributed by atoms with E-state index in [9.17, 15) is 18.0 Å². The highest BCUT2D eigenvalue weighted by atomic mass is 32.2. The molecule has 1 N–H and O–H groups in total. The van der Waals surface area contributed by atoms with Crippen molar-refractivity contribution < 1.29 is 32.3 Å². The molecule has 7 nitrogen and oxygen atoms in total. The number of carbonyl (C=O) groups excluding carboxylic acids is 1. The number of hydrogen-bond acceptors (Lipinski definition) is 6. The van der Waals surface area contributed by atoms with Gasteiger partial charge in [-0.1, -0.05) is 0 Å². The largest absolute Gasteiger partial charge is 0.478 e. The lowest BCUT2D eigenvalue weighted by Crippen LogP contribution is -2.29. The van der Waals surface area contributed by atoms with E-state index in [-0.39, 0.29) is 11.3 Å².